The number of hydrogen-bond acceptors (Lipinski definition) is 7. The molecule has 0 bridgehead atoms. The number of esters is 1. The van der Waals surface area contributed by atoms with Gasteiger partial charge in [-0.05, 0) is 48.9 Å². The lowest BCUT2D eigenvalue weighted by molar-refractivity contribution is -0.199. The van der Waals surface area contributed by atoms with Crippen LogP contribution in [-0.2, 0) is 26.1 Å². The highest BCUT2D eigenvalue weighted by Crippen LogP contribution is 2.37. The molecule has 3 heterocycles. The van der Waals surface area contributed by atoms with Gasteiger partial charge in [0.2, 0.25) is 10.0 Å². The normalized spacial score (nSPS) is 15.5. The standard InChI is InChI=1S/C25H31F3N6O5S/c1-2-40(37,38)34-7-3-16(4-8-34)21-14-31-22-19(21)11-17(12-20(22)23(29)35)18-13-32-33(15-18)9-5-30-6-10-39-24(36)25(26,27)28/h11-16,30-31H,2-10H2,1H3,(H2,29,35). The number of H-pyrrole nitrogens is 1. The van der Waals surface area contributed by atoms with Crippen molar-refractivity contribution in [2.75, 3.05) is 38.5 Å². The molecule has 1 saturated heterocycles. The van der Waals surface area contributed by atoms with E-state index < -0.39 is 34.7 Å². The maximum absolute atomic E-state index is 12.3. The first-order valence-electron chi connectivity index (χ1n) is 12.8. The minimum atomic E-state index is -5.01. The maximum Gasteiger partial charge on any atom is 0.490 e. The Bertz CT molecular complexity index is 1480. The van der Waals surface area contributed by atoms with Crippen LogP contribution < -0.4 is 11.1 Å². The topological polar surface area (TPSA) is 152 Å². The van der Waals surface area contributed by atoms with Crippen molar-refractivity contribution in [2.24, 2.45) is 5.73 Å². The van der Waals surface area contributed by atoms with Crippen LogP contribution in [0.2, 0.25) is 0 Å². The lowest BCUT2D eigenvalue weighted by Gasteiger charge is -2.31. The lowest BCUT2D eigenvalue weighted by Crippen LogP contribution is -2.38. The highest BCUT2D eigenvalue weighted by atomic mass is 32.2. The van der Waals surface area contributed by atoms with Gasteiger partial charge in [0.25, 0.3) is 5.91 Å². The number of nitrogens with two attached hydrogens (primary N) is 1. The van der Waals surface area contributed by atoms with Crippen LogP contribution in [0.5, 0.6) is 0 Å². The quantitative estimate of drug-likeness (QED) is 0.231. The molecular formula is C25H31F3N6O5S. The van der Waals surface area contributed by atoms with Crippen LogP contribution in [0.15, 0.2) is 30.7 Å². The summed E-state index contributed by atoms with van der Waals surface area (Å²) in [6.45, 7) is 2.90. The molecule has 4 rings (SSSR count). The van der Waals surface area contributed by atoms with Gasteiger partial charge in [-0.3, -0.25) is 9.48 Å². The Morgan fingerprint density at radius 2 is 1.93 bits per heavy atom. The average molecular weight is 585 g/mol. The van der Waals surface area contributed by atoms with Crippen LogP contribution in [-0.4, -0.2) is 84.1 Å². The Morgan fingerprint density at radius 3 is 2.58 bits per heavy atom. The predicted octanol–water partition coefficient (Wildman–Crippen LogP) is 2.35. The molecule has 1 aliphatic rings. The number of amides is 1. The van der Waals surface area contributed by atoms with Crippen molar-refractivity contribution in [3.63, 3.8) is 0 Å². The van der Waals surface area contributed by atoms with Crippen molar-refractivity contribution in [3.05, 3.63) is 41.9 Å². The number of hydrogen-bond donors (Lipinski definition) is 3. The van der Waals surface area contributed by atoms with Gasteiger partial charge in [0.05, 0.1) is 29.6 Å². The highest BCUT2D eigenvalue weighted by Gasteiger charge is 2.40. The second-order valence-electron chi connectivity index (χ2n) is 9.50. The molecular weight excluding hydrogens is 553 g/mol. The van der Waals surface area contributed by atoms with Crippen molar-refractivity contribution in [1.82, 2.24) is 24.4 Å². The van der Waals surface area contributed by atoms with E-state index in [9.17, 15) is 31.2 Å². The van der Waals surface area contributed by atoms with Crippen molar-refractivity contribution < 1.29 is 35.9 Å². The maximum atomic E-state index is 12.3. The Kier molecular flexibility index (Phi) is 8.85. The van der Waals surface area contributed by atoms with E-state index in [0.717, 1.165) is 22.1 Å². The van der Waals surface area contributed by atoms with Gasteiger partial charge in [0.1, 0.15) is 6.61 Å². The average Bonchev–Trinajstić information content (AvgIpc) is 3.56. The van der Waals surface area contributed by atoms with E-state index in [4.69, 9.17) is 5.73 Å². The number of aromatic nitrogens is 3. The Balaban J connectivity index is 1.44. The molecule has 40 heavy (non-hydrogen) atoms. The van der Waals surface area contributed by atoms with Gasteiger partial charge in [0.15, 0.2) is 0 Å². The predicted molar refractivity (Wildman–Crippen MR) is 141 cm³/mol. The number of piperidine rings is 1. The van der Waals surface area contributed by atoms with E-state index in [1.54, 1.807) is 30.1 Å². The van der Waals surface area contributed by atoms with Gasteiger partial charge in [-0.15, -0.1) is 0 Å². The largest absolute Gasteiger partial charge is 0.490 e. The molecule has 1 amide bonds. The third-order valence-electron chi connectivity index (χ3n) is 6.97. The molecule has 0 spiro atoms. The molecule has 4 N–H and O–H groups in total. The van der Waals surface area contributed by atoms with Gasteiger partial charge < -0.3 is 20.8 Å². The first-order valence-corrected chi connectivity index (χ1v) is 14.4. The van der Waals surface area contributed by atoms with E-state index >= 15 is 0 Å². The van der Waals surface area contributed by atoms with Crippen LogP contribution in [0.3, 0.4) is 0 Å². The number of fused-ring (bicyclic) bond motifs is 1. The number of nitrogens with one attached hydrogen (secondary N) is 2. The number of carbonyl (C=O) groups is 2. The molecule has 0 atom stereocenters. The summed E-state index contributed by atoms with van der Waals surface area (Å²) < 4.78 is 68.3. The number of ether oxygens (including phenoxy) is 1. The molecule has 2 aromatic heterocycles. The van der Waals surface area contributed by atoms with Crippen molar-refractivity contribution in [1.29, 1.82) is 0 Å². The van der Waals surface area contributed by atoms with E-state index in [-0.39, 0.29) is 18.2 Å². The number of sulfonamides is 1. The Morgan fingerprint density at radius 1 is 1.20 bits per heavy atom. The number of benzene rings is 1. The molecule has 11 nitrogen and oxygen atoms in total. The van der Waals surface area contributed by atoms with Crippen LogP contribution in [0.1, 0.15) is 41.6 Å². The minimum absolute atomic E-state index is 0.0498. The van der Waals surface area contributed by atoms with E-state index in [2.05, 4.69) is 20.1 Å². The summed E-state index contributed by atoms with van der Waals surface area (Å²) in [7, 11) is -3.24. The molecule has 0 saturated carbocycles. The molecule has 3 aromatic rings. The van der Waals surface area contributed by atoms with Crippen LogP contribution in [0, 0.1) is 0 Å². The molecule has 218 valence electrons. The van der Waals surface area contributed by atoms with Gasteiger partial charge in [0, 0.05) is 49.5 Å². The highest BCUT2D eigenvalue weighted by molar-refractivity contribution is 7.89. The van der Waals surface area contributed by atoms with Gasteiger partial charge >= 0.3 is 12.1 Å². The minimum Gasteiger partial charge on any atom is -0.458 e. The number of aromatic amines is 1. The number of nitrogens with zero attached hydrogens (tertiary/aromatic N) is 3. The van der Waals surface area contributed by atoms with Crippen molar-refractivity contribution in [3.8, 4) is 11.1 Å². The number of alkyl halides is 3. The second kappa shape index (κ2) is 12.0. The monoisotopic (exact) mass is 584 g/mol. The van der Waals surface area contributed by atoms with Crippen LogP contribution >= 0.6 is 0 Å². The summed E-state index contributed by atoms with van der Waals surface area (Å²) in [5, 5.41) is 8.04. The Labute approximate surface area is 228 Å². The summed E-state index contributed by atoms with van der Waals surface area (Å²) in [6.07, 6.45) is 1.57. The van der Waals surface area contributed by atoms with E-state index in [0.29, 0.717) is 50.1 Å². The summed E-state index contributed by atoms with van der Waals surface area (Å²) >= 11 is 0. The summed E-state index contributed by atoms with van der Waals surface area (Å²) in [6, 6.07) is 3.65. The smallest absolute Gasteiger partial charge is 0.458 e. The third-order valence-corrected chi connectivity index (χ3v) is 8.85. The van der Waals surface area contributed by atoms with E-state index in [1.165, 1.54) is 4.31 Å². The molecule has 0 radical (unpaired) electrons. The molecule has 0 aliphatic carbocycles. The number of halogens is 3. The third kappa shape index (κ3) is 6.64. The summed E-state index contributed by atoms with van der Waals surface area (Å²) in [5.41, 5.74) is 9.10. The fourth-order valence-corrected chi connectivity index (χ4v) is 5.96. The number of rotatable bonds is 11. The molecule has 0 unspecified atom stereocenters. The first-order chi connectivity index (χ1) is 18.9. The van der Waals surface area contributed by atoms with Gasteiger partial charge in [-0.2, -0.15) is 18.3 Å². The fraction of sp³-hybridized carbons (Fsp3) is 0.480. The molecule has 1 aromatic carbocycles. The summed E-state index contributed by atoms with van der Waals surface area (Å²) in [5.74, 6) is -2.64. The van der Waals surface area contributed by atoms with Crippen molar-refractivity contribution in [2.45, 2.75) is 38.4 Å². The molecule has 15 heteroatoms. The second-order valence-corrected chi connectivity index (χ2v) is 11.8. The van der Waals surface area contributed by atoms with Crippen molar-refractivity contribution >= 4 is 32.8 Å². The fourth-order valence-electron chi connectivity index (χ4n) is 4.83. The van der Waals surface area contributed by atoms with Crippen LogP contribution in [0.4, 0.5) is 13.2 Å². The van der Waals surface area contributed by atoms with E-state index in [1.807, 2.05) is 12.3 Å². The Hall–Kier alpha value is -3.43. The van der Waals surface area contributed by atoms with Gasteiger partial charge in [-0.25, -0.2) is 17.5 Å². The SMILES string of the molecule is CCS(=O)(=O)N1CCC(c2c[nH]c3c(C(N)=O)cc(-c4cnn(CCNCCOC(=O)C(F)(F)F)c4)cc23)CC1. The molecule has 1 aliphatic heterocycles. The lowest BCUT2D eigenvalue weighted by atomic mass is 9.88. The number of primary amides is 1. The first kappa shape index (κ1) is 29.6. The summed E-state index contributed by atoms with van der Waals surface area (Å²) in [4.78, 5) is 26.2. The zero-order valence-electron chi connectivity index (χ0n) is 21.8. The number of carbonyl (C=O) groups excluding carboxylic acids is 2. The van der Waals surface area contributed by atoms with Gasteiger partial charge in [-0.1, -0.05) is 0 Å². The van der Waals surface area contributed by atoms with Crippen LogP contribution in [0.25, 0.3) is 22.0 Å². The molecule has 1 fully saturated rings. The zero-order chi connectivity index (χ0) is 29.1. The zero-order valence-corrected chi connectivity index (χ0v) is 22.6.